The van der Waals surface area contributed by atoms with E-state index in [-0.39, 0.29) is 18.2 Å². The molecule has 2 fully saturated rings. The number of hydrogen-bond donors (Lipinski definition) is 0. The largest absolute Gasteiger partial charge is 0.456 e. The first-order chi connectivity index (χ1) is 24.5. The molecule has 4 aromatic carbocycles. The molecular formula is C43H42O7S. The normalized spacial score (nSPS) is 24.7. The molecule has 2 saturated heterocycles. The summed E-state index contributed by atoms with van der Waals surface area (Å²) in [5.74, 6) is 0.496. The number of hydrogen-bond acceptors (Lipinski definition) is 8. The van der Waals surface area contributed by atoms with Crippen molar-refractivity contribution in [2.45, 2.75) is 86.6 Å². The van der Waals surface area contributed by atoms with Gasteiger partial charge in [0.25, 0.3) is 0 Å². The van der Waals surface area contributed by atoms with Crippen molar-refractivity contribution in [3.05, 3.63) is 119 Å². The van der Waals surface area contributed by atoms with Crippen LogP contribution in [0.4, 0.5) is 0 Å². The van der Waals surface area contributed by atoms with Gasteiger partial charge in [-0.3, -0.25) is 4.79 Å². The Bertz CT molecular complexity index is 2050. The van der Waals surface area contributed by atoms with Gasteiger partial charge in [-0.1, -0.05) is 79.0 Å². The van der Waals surface area contributed by atoms with Gasteiger partial charge in [0.2, 0.25) is 0 Å². The molecule has 0 amide bonds. The summed E-state index contributed by atoms with van der Waals surface area (Å²) < 4.78 is 32.4. The molecule has 4 atom stereocenters. The molecule has 4 heterocycles. The van der Waals surface area contributed by atoms with Crippen LogP contribution in [0.2, 0.25) is 0 Å². The summed E-state index contributed by atoms with van der Waals surface area (Å²) in [5, 5.41) is 0. The van der Waals surface area contributed by atoms with Gasteiger partial charge in [-0.25, -0.2) is 4.79 Å². The van der Waals surface area contributed by atoms with Crippen LogP contribution in [0.15, 0.2) is 107 Å². The molecule has 51 heavy (non-hydrogen) atoms. The average Bonchev–Trinajstić information content (AvgIpc) is 3.87. The maximum Gasteiger partial charge on any atom is 0.334 e. The third-order valence-corrected chi connectivity index (χ3v) is 11.5. The number of carbonyl (C=O) groups excluding carboxylic acids is 2. The van der Waals surface area contributed by atoms with E-state index in [1.54, 1.807) is 18.7 Å². The Morgan fingerprint density at radius 2 is 1.29 bits per heavy atom. The molecule has 0 aliphatic carbocycles. The van der Waals surface area contributed by atoms with Crippen LogP contribution in [0.5, 0.6) is 11.5 Å². The van der Waals surface area contributed by atoms with Crippen LogP contribution in [0.25, 0.3) is 11.1 Å². The maximum atomic E-state index is 13.7. The Morgan fingerprint density at radius 1 is 0.725 bits per heavy atom. The molecule has 0 radical (unpaired) electrons. The second-order valence-corrected chi connectivity index (χ2v) is 16.0. The molecule has 0 spiro atoms. The first-order valence-corrected chi connectivity index (χ1v) is 18.5. The number of benzene rings is 4. The first kappa shape index (κ1) is 33.8. The second-order valence-electron chi connectivity index (χ2n) is 14.9. The lowest BCUT2D eigenvalue weighted by molar-refractivity contribution is -0.180. The van der Waals surface area contributed by atoms with Crippen molar-refractivity contribution in [2.75, 3.05) is 13.2 Å². The topological polar surface area (TPSA) is 80.3 Å². The molecule has 8 heteroatoms. The zero-order valence-corrected chi connectivity index (χ0v) is 30.3. The van der Waals surface area contributed by atoms with Crippen LogP contribution >= 0.6 is 11.8 Å². The minimum Gasteiger partial charge on any atom is -0.456 e. The van der Waals surface area contributed by atoms with Crippen molar-refractivity contribution in [3.8, 4) is 22.6 Å². The van der Waals surface area contributed by atoms with Crippen LogP contribution in [-0.4, -0.2) is 37.4 Å². The van der Waals surface area contributed by atoms with Gasteiger partial charge in [0.15, 0.2) is 11.2 Å². The van der Waals surface area contributed by atoms with Gasteiger partial charge in [-0.05, 0) is 88.8 Å². The predicted molar refractivity (Wildman–Crippen MR) is 195 cm³/mol. The van der Waals surface area contributed by atoms with E-state index in [2.05, 4.69) is 36.9 Å². The summed E-state index contributed by atoms with van der Waals surface area (Å²) in [4.78, 5) is 29.0. The number of ether oxygens (including phenoxy) is 5. The molecule has 4 aliphatic heterocycles. The maximum absolute atomic E-state index is 13.7. The van der Waals surface area contributed by atoms with Gasteiger partial charge >= 0.3 is 11.9 Å². The quantitative estimate of drug-likeness (QED) is 0.145. The molecule has 0 N–H and O–H groups in total. The van der Waals surface area contributed by atoms with Gasteiger partial charge in [0, 0.05) is 50.8 Å². The highest BCUT2D eigenvalue weighted by Crippen LogP contribution is 2.57. The van der Waals surface area contributed by atoms with Gasteiger partial charge < -0.3 is 23.7 Å². The van der Waals surface area contributed by atoms with Crippen LogP contribution in [0, 0.1) is 5.41 Å². The van der Waals surface area contributed by atoms with E-state index in [1.165, 1.54) is 0 Å². The fraction of sp³-hybridized carbons (Fsp3) is 0.349. The van der Waals surface area contributed by atoms with E-state index in [1.807, 2.05) is 75.4 Å². The zero-order chi connectivity index (χ0) is 35.5. The first-order valence-electron chi connectivity index (χ1n) is 17.7. The Labute approximate surface area is 303 Å². The van der Waals surface area contributed by atoms with E-state index in [4.69, 9.17) is 23.7 Å². The molecule has 0 aromatic heterocycles. The van der Waals surface area contributed by atoms with Gasteiger partial charge in [0.05, 0.1) is 5.41 Å². The van der Waals surface area contributed by atoms with Crippen molar-refractivity contribution in [3.63, 3.8) is 0 Å². The fourth-order valence-corrected chi connectivity index (χ4v) is 9.04. The number of rotatable bonds is 6. The highest BCUT2D eigenvalue weighted by molar-refractivity contribution is 7.99. The van der Waals surface area contributed by atoms with Crippen molar-refractivity contribution in [1.82, 2.24) is 0 Å². The summed E-state index contributed by atoms with van der Waals surface area (Å²) in [6.07, 6.45) is 2.56. The highest BCUT2D eigenvalue weighted by Gasteiger charge is 2.55. The summed E-state index contributed by atoms with van der Waals surface area (Å²) in [5.41, 5.74) is 2.58. The third kappa shape index (κ3) is 5.50. The van der Waals surface area contributed by atoms with Gasteiger partial charge in [-0.15, -0.1) is 0 Å². The minimum absolute atomic E-state index is 0.307. The SMILES string of the molecule is C=C(C)C(=O)OC1(C2CCCO2)c2ccccc2Sc2cc(-c3ccc4c(c3)Oc3ccccc3C4(OC(=O)C(C)(C)C)C3CCCO3)ccc21. The molecule has 4 aliphatic rings. The lowest BCUT2D eigenvalue weighted by Crippen LogP contribution is -2.48. The number of esters is 2. The summed E-state index contributed by atoms with van der Waals surface area (Å²) in [7, 11) is 0. The van der Waals surface area contributed by atoms with Crippen LogP contribution in [0.1, 0.15) is 75.6 Å². The summed E-state index contributed by atoms with van der Waals surface area (Å²) in [6.45, 7) is 12.4. The lowest BCUT2D eigenvalue weighted by atomic mass is 9.76. The van der Waals surface area contributed by atoms with Gasteiger partial charge in [0.1, 0.15) is 23.7 Å². The predicted octanol–water partition coefficient (Wildman–Crippen LogP) is 9.48. The smallest absolute Gasteiger partial charge is 0.334 e. The van der Waals surface area contributed by atoms with Crippen LogP contribution in [0.3, 0.4) is 0 Å². The van der Waals surface area contributed by atoms with Crippen molar-refractivity contribution in [2.24, 2.45) is 5.41 Å². The third-order valence-electron chi connectivity index (χ3n) is 10.3. The standard InChI is InChI=1S/C43H42O7S/c1-26(2)39(44)49-43(38-17-11-23-47-38)31-13-7-9-15-35(31)51-36-25-28(19-21-32(36)43)27-18-20-30-34(24-27)48-33-14-8-6-12-29(33)42(30,37-16-10-22-46-37)50-40(45)41(3,4)5/h6-9,12-15,18-21,24-25,37-38H,1,10-11,16-17,22-23H2,2-5H3. The molecule has 7 nitrogen and oxygen atoms in total. The van der Waals surface area contributed by atoms with Crippen molar-refractivity contribution < 1.29 is 33.3 Å². The van der Waals surface area contributed by atoms with E-state index in [9.17, 15) is 9.59 Å². The number of fused-ring (bicyclic) bond motifs is 4. The van der Waals surface area contributed by atoms with E-state index >= 15 is 0 Å². The fourth-order valence-electron chi connectivity index (χ4n) is 7.81. The van der Waals surface area contributed by atoms with E-state index in [0.29, 0.717) is 30.3 Å². The van der Waals surface area contributed by atoms with E-state index in [0.717, 1.165) is 68.9 Å². The Hall–Kier alpha value is -4.37. The molecule has 4 unspecified atom stereocenters. The Balaban J connectivity index is 1.26. The zero-order valence-electron chi connectivity index (χ0n) is 29.5. The Morgan fingerprint density at radius 3 is 1.94 bits per heavy atom. The lowest BCUT2D eigenvalue weighted by Gasteiger charge is -2.44. The molecule has 4 aromatic rings. The van der Waals surface area contributed by atoms with E-state index < -0.39 is 22.6 Å². The van der Waals surface area contributed by atoms with Crippen molar-refractivity contribution >= 4 is 23.7 Å². The average molecular weight is 703 g/mol. The summed E-state index contributed by atoms with van der Waals surface area (Å²) >= 11 is 1.66. The summed E-state index contributed by atoms with van der Waals surface area (Å²) in [6, 6.07) is 28.3. The van der Waals surface area contributed by atoms with Crippen LogP contribution < -0.4 is 4.74 Å². The van der Waals surface area contributed by atoms with Gasteiger partial charge in [-0.2, -0.15) is 0 Å². The molecule has 0 saturated carbocycles. The highest BCUT2D eigenvalue weighted by atomic mass is 32.2. The Kier molecular flexibility index (Phi) is 8.40. The van der Waals surface area contributed by atoms with Crippen molar-refractivity contribution in [1.29, 1.82) is 0 Å². The number of carbonyl (C=O) groups is 2. The molecular weight excluding hydrogens is 661 g/mol. The monoisotopic (exact) mass is 702 g/mol. The van der Waals surface area contributed by atoms with Crippen LogP contribution in [-0.2, 0) is 39.7 Å². The molecule has 0 bridgehead atoms. The molecule has 262 valence electrons. The minimum atomic E-state index is -1.17. The second kappa shape index (κ2) is 12.7. The number of para-hydroxylation sites is 1. The molecule has 8 rings (SSSR count).